The minimum absolute atomic E-state index is 0.402. The van der Waals surface area contributed by atoms with Crippen LogP contribution in [0.25, 0.3) is 0 Å². The Balaban J connectivity index is 1.85. The van der Waals surface area contributed by atoms with E-state index in [0.29, 0.717) is 17.9 Å². The number of halogens is 1. The average molecular weight is 260 g/mol. The van der Waals surface area contributed by atoms with Gasteiger partial charge in [0.05, 0.1) is 0 Å². The highest BCUT2D eigenvalue weighted by atomic mass is 79.9. The van der Waals surface area contributed by atoms with Crippen molar-refractivity contribution in [3.63, 3.8) is 0 Å². The van der Waals surface area contributed by atoms with E-state index in [1.807, 2.05) is 0 Å². The number of nitrogens with zero attached hydrogens (tertiary/aromatic N) is 1. The zero-order chi connectivity index (χ0) is 9.97. The Hall–Kier alpha value is -0.0500. The largest absolute Gasteiger partial charge is 0.339 e. The van der Waals surface area contributed by atoms with Gasteiger partial charge in [-0.05, 0) is 38.5 Å². The van der Waals surface area contributed by atoms with Crippen LogP contribution in [0.1, 0.15) is 38.5 Å². The maximum Gasteiger partial charge on any atom is 0.225 e. The molecule has 2 rings (SSSR count). The summed E-state index contributed by atoms with van der Waals surface area (Å²) in [5.74, 6) is 0.849. The lowest BCUT2D eigenvalue weighted by atomic mass is 10.1. The van der Waals surface area contributed by atoms with E-state index >= 15 is 0 Å². The van der Waals surface area contributed by atoms with Crippen molar-refractivity contribution in [3.8, 4) is 0 Å². The highest BCUT2D eigenvalue weighted by molar-refractivity contribution is 9.09. The second kappa shape index (κ2) is 4.65. The third-order valence-corrected chi connectivity index (χ3v) is 3.82. The van der Waals surface area contributed by atoms with Gasteiger partial charge in [0.1, 0.15) is 0 Å². The van der Waals surface area contributed by atoms with Gasteiger partial charge in [-0.1, -0.05) is 15.9 Å². The molecule has 1 unspecified atom stereocenters. The van der Waals surface area contributed by atoms with Crippen LogP contribution >= 0.6 is 15.9 Å². The van der Waals surface area contributed by atoms with Crippen LogP contribution in [0.15, 0.2) is 0 Å². The molecule has 2 fully saturated rings. The van der Waals surface area contributed by atoms with Crippen molar-refractivity contribution >= 4 is 21.8 Å². The van der Waals surface area contributed by atoms with E-state index in [1.165, 1.54) is 25.7 Å². The summed E-state index contributed by atoms with van der Waals surface area (Å²) in [6.07, 6.45) is 7.10. The van der Waals surface area contributed by atoms with E-state index in [-0.39, 0.29) is 0 Å². The number of rotatable bonds is 4. The summed E-state index contributed by atoms with van der Waals surface area (Å²) in [5, 5.41) is 1.06. The van der Waals surface area contributed by atoms with Gasteiger partial charge in [0.25, 0.3) is 0 Å². The molecule has 1 atom stereocenters. The number of carbonyl (C=O) groups excluding carboxylic acids is 1. The Morgan fingerprint density at radius 3 is 2.79 bits per heavy atom. The predicted octanol–water partition coefficient (Wildman–Crippen LogP) is 2.56. The minimum Gasteiger partial charge on any atom is -0.339 e. The molecule has 0 radical (unpaired) electrons. The zero-order valence-corrected chi connectivity index (χ0v) is 10.1. The lowest BCUT2D eigenvalue weighted by Crippen LogP contribution is -2.36. The molecule has 1 aliphatic heterocycles. The fourth-order valence-corrected chi connectivity index (χ4v) is 2.63. The van der Waals surface area contributed by atoms with Gasteiger partial charge in [0.2, 0.25) is 5.91 Å². The molecule has 0 spiro atoms. The molecule has 80 valence electrons. The number of amides is 1. The molecule has 2 nitrogen and oxygen atoms in total. The average Bonchev–Trinajstić information content (AvgIpc) is 2.93. The van der Waals surface area contributed by atoms with Crippen LogP contribution in [0.5, 0.6) is 0 Å². The minimum atomic E-state index is 0.402. The number of hydrogen-bond donors (Lipinski definition) is 0. The summed E-state index contributed by atoms with van der Waals surface area (Å²) in [5.41, 5.74) is 0. The maximum atomic E-state index is 11.9. The van der Waals surface area contributed by atoms with E-state index in [9.17, 15) is 4.79 Å². The molecule has 0 aromatic rings. The van der Waals surface area contributed by atoms with Crippen molar-refractivity contribution in [2.45, 2.75) is 44.6 Å². The quantitative estimate of drug-likeness (QED) is 0.711. The summed E-state index contributed by atoms with van der Waals surface area (Å²) in [4.78, 5) is 14.0. The monoisotopic (exact) mass is 259 g/mol. The Morgan fingerprint density at radius 1 is 1.36 bits per heavy atom. The number of alkyl halides is 1. The first-order valence-corrected chi connectivity index (χ1v) is 6.81. The fraction of sp³-hybridized carbons (Fsp3) is 0.909. The van der Waals surface area contributed by atoms with Crippen molar-refractivity contribution in [1.29, 1.82) is 0 Å². The molecule has 2 aliphatic rings. The lowest BCUT2D eigenvalue weighted by Gasteiger charge is -2.24. The van der Waals surface area contributed by atoms with Crippen LogP contribution in [0.4, 0.5) is 0 Å². The van der Waals surface area contributed by atoms with Crippen LogP contribution in [0.3, 0.4) is 0 Å². The van der Waals surface area contributed by atoms with Gasteiger partial charge in [-0.15, -0.1) is 0 Å². The molecular formula is C11H18BrNO. The molecule has 1 heterocycles. The van der Waals surface area contributed by atoms with Crippen molar-refractivity contribution < 1.29 is 4.79 Å². The summed E-state index contributed by atoms with van der Waals surface area (Å²) >= 11 is 3.45. The molecule has 0 bridgehead atoms. The molecule has 0 N–H and O–H groups in total. The highest BCUT2D eigenvalue weighted by Crippen LogP contribution is 2.34. The van der Waals surface area contributed by atoms with Crippen molar-refractivity contribution in [2.24, 2.45) is 5.92 Å². The third kappa shape index (κ3) is 2.30. The normalized spacial score (nSPS) is 26.9. The van der Waals surface area contributed by atoms with E-state index < -0.39 is 0 Å². The maximum absolute atomic E-state index is 11.9. The molecule has 0 aromatic heterocycles. The van der Waals surface area contributed by atoms with Crippen molar-refractivity contribution in [2.75, 3.05) is 11.9 Å². The molecule has 1 aliphatic carbocycles. The Bertz CT molecular complexity index is 215. The Morgan fingerprint density at radius 2 is 2.14 bits per heavy atom. The van der Waals surface area contributed by atoms with Crippen LogP contribution in [0, 0.1) is 5.92 Å². The SMILES string of the molecule is O=C(C1CC1)N1CCCC1CCCBr. The van der Waals surface area contributed by atoms with Crippen molar-refractivity contribution in [1.82, 2.24) is 4.90 Å². The molecule has 3 heteroatoms. The lowest BCUT2D eigenvalue weighted by molar-refractivity contribution is -0.133. The first kappa shape index (κ1) is 10.5. The van der Waals surface area contributed by atoms with Gasteiger partial charge in [0, 0.05) is 23.8 Å². The van der Waals surface area contributed by atoms with Crippen LogP contribution in [-0.4, -0.2) is 28.7 Å². The fourth-order valence-electron chi connectivity index (χ4n) is 2.30. The Labute approximate surface area is 94.2 Å². The summed E-state index contributed by atoms with van der Waals surface area (Å²) < 4.78 is 0. The van der Waals surface area contributed by atoms with E-state index in [2.05, 4.69) is 20.8 Å². The predicted molar refractivity (Wildman–Crippen MR) is 60.5 cm³/mol. The Kier molecular flexibility index (Phi) is 3.47. The van der Waals surface area contributed by atoms with Gasteiger partial charge in [-0.3, -0.25) is 4.79 Å². The second-order valence-electron chi connectivity index (χ2n) is 4.43. The molecule has 14 heavy (non-hydrogen) atoms. The van der Waals surface area contributed by atoms with Gasteiger partial charge < -0.3 is 4.90 Å². The zero-order valence-electron chi connectivity index (χ0n) is 8.54. The van der Waals surface area contributed by atoms with Crippen LogP contribution in [0.2, 0.25) is 0 Å². The summed E-state index contributed by atoms with van der Waals surface area (Å²) in [6, 6.07) is 0.556. The first-order valence-electron chi connectivity index (χ1n) is 5.69. The molecule has 1 amide bonds. The summed E-state index contributed by atoms with van der Waals surface area (Å²) in [7, 11) is 0. The highest BCUT2D eigenvalue weighted by Gasteiger charge is 2.37. The molecule has 0 aromatic carbocycles. The second-order valence-corrected chi connectivity index (χ2v) is 5.23. The topological polar surface area (TPSA) is 20.3 Å². The van der Waals surface area contributed by atoms with E-state index in [0.717, 1.165) is 24.7 Å². The number of likely N-dealkylation sites (tertiary alicyclic amines) is 1. The van der Waals surface area contributed by atoms with E-state index in [1.54, 1.807) is 0 Å². The standard InChI is InChI=1S/C11H18BrNO/c12-7-1-3-10-4-2-8-13(10)11(14)9-5-6-9/h9-10H,1-8H2. The number of carbonyl (C=O) groups is 1. The van der Waals surface area contributed by atoms with Gasteiger partial charge in [-0.2, -0.15) is 0 Å². The van der Waals surface area contributed by atoms with Gasteiger partial charge in [-0.25, -0.2) is 0 Å². The van der Waals surface area contributed by atoms with Crippen LogP contribution < -0.4 is 0 Å². The van der Waals surface area contributed by atoms with Gasteiger partial charge >= 0.3 is 0 Å². The third-order valence-electron chi connectivity index (χ3n) is 3.26. The first-order chi connectivity index (χ1) is 6.83. The van der Waals surface area contributed by atoms with Crippen LogP contribution in [-0.2, 0) is 4.79 Å². The number of hydrogen-bond acceptors (Lipinski definition) is 1. The summed E-state index contributed by atoms with van der Waals surface area (Å²) in [6.45, 7) is 1.02. The van der Waals surface area contributed by atoms with Crippen molar-refractivity contribution in [3.05, 3.63) is 0 Å². The van der Waals surface area contributed by atoms with E-state index in [4.69, 9.17) is 0 Å². The molecule has 1 saturated carbocycles. The van der Waals surface area contributed by atoms with Gasteiger partial charge in [0.15, 0.2) is 0 Å². The molecular weight excluding hydrogens is 242 g/mol. The molecule has 1 saturated heterocycles. The smallest absolute Gasteiger partial charge is 0.225 e.